The Bertz CT molecular complexity index is 2100. The quantitative estimate of drug-likeness (QED) is 0.107. The van der Waals surface area contributed by atoms with E-state index in [0.29, 0.717) is 0 Å². The molecular weight excluding hydrogens is 1670 g/mol. The summed E-state index contributed by atoms with van der Waals surface area (Å²) in [6.07, 6.45) is 0. The number of nitrogens with zero attached hydrogens (tertiary/aromatic N) is 4. The number of ether oxygens (including phenoxy) is 8. The minimum atomic E-state index is -1.37. The van der Waals surface area contributed by atoms with E-state index in [0.717, 1.165) is 210 Å². The molecule has 0 bridgehead atoms. The molecule has 8 aliphatic heterocycles. The number of morpholine rings is 8. The monoisotopic (exact) mass is 1770 g/mol. The fraction of sp³-hybridized carbons (Fsp3) is 0.571. The molecule has 12 rings (SSSR count). The van der Waals surface area contributed by atoms with Gasteiger partial charge in [-0.25, -0.2) is 0 Å². The average molecular weight is 1760 g/mol. The Morgan fingerprint density at radius 2 is 0.393 bits per heavy atom. The van der Waals surface area contributed by atoms with E-state index in [1.165, 1.54) is 21.2 Å². The van der Waals surface area contributed by atoms with Gasteiger partial charge in [0.25, 0.3) is 0 Å². The molecular formula is C56H92N8O8P4Se8. The zero-order chi connectivity index (χ0) is 59.9. The van der Waals surface area contributed by atoms with Crippen molar-refractivity contribution in [1.82, 2.24) is 18.7 Å². The molecule has 4 atom stereocenters. The van der Waals surface area contributed by atoms with Gasteiger partial charge in [-0.05, 0) is 0 Å². The number of nitrogens with two attached hydrogens (primary N) is 4. The Balaban J connectivity index is 0.000000181. The Kier molecular flexibility index (Phi) is 42.3. The molecule has 0 spiro atoms. The van der Waals surface area contributed by atoms with Gasteiger partial charge < -0.3 is 40.2 Å². The van der Waals surface area contributed by atoms with E-state index in [1.54, 1.807) is 0 Å². The molecule has 8 heterocycles. The molecule has 8 aliphatic rings. The summed E-state index contributed by atoms with van der Waals surface area (Å²) in [6, 6.07) is 42.5. The van der Waals surface area contributed by atoms with Gasteiger partial charge in [0, 0.05) is 0 Å². The van der Waals surface area contributed by atoms with Crippen LogP contribution in [0, 0.1) is 0 Å². The molecule has 0 aliphatic carbocycles. The molecule has 4 aromatic carbocycles. The molecule has 0 amide bonds. The maximum absolute atomic E-state index is 5.38. The zero-order valence-electron chi connectivity index (χ0n) is 48.6. The third kappa shape index (κ3) is 30.5. The van der Waals surface area contributed by atoms with Gasteiger partial charge in [0.1, 0.15) is 0 Å². The van der Waals surface area contributed by atoms with Crippen LogP contribution in [0.4, 0.5) is 0 Å². The first-order valence-electron chi connectivity index (χ1n) is 29.2. The molecule has 0 aromatic heterocycles. The van der Waals surface area contributed by atoms with E-state index in [9.17, 15) is 0 Å². The van der Waals surface area contributed by atoms with E-state index in [1.807, 2.05) is 0 Å². The Morgan fingerprint density at radius 1 is 0.250 bits per heavy atom. The van der Waals surface area contributed by atoms with Crippen molar-refractivity contribution in [1.29, 1.82) is 0 Å². The minimum absolute atomic E-state index is 0.845. The van der Waals surface area contributed by atoms with Gasteiger partial charge in [0.05, 0.1) is 105 Å². The summed E-state index contributed by atoms with van der Waals surface area (Å²) in [6.45, 7) is 31.7. The molecule has 0 saturated carbocycles. The number of quaternary nitrogens is 4. The molecule has 4 aromatic rings. The van der Waals surface area contributed by atoms with Gasteiger partial charge >= 0.3 is 425 Å². The molecule has 0 unspecified atom stereocenters. The van der Waals surface area contributed by atoms with Crippen molar-refractivity contribution < 1.29 is 59.2 Å². The van der Waals surface area contributed by atoms with Gasteiger partial charge in [-0.1, -0.05) is 0 Å². The first-order chi connectivity index (χ1) is 40.8. The summed E-state index contributed by atoms with van der Waals surface area (Å²) < 4.78 is 46.2. The van der Waals surface area contributed by atoms with Gasteiger partial charge in [0.2, 0.25) is 0 Å². The second-order valence-electron chi connectivity index (χ2n) is 19.6. The van der Waals surface area contributed by atoms with E-state index in [4.69, 9.17) is 37.9 Å². The number of hydrogen-bond acceptors (Lipinski definition) is 12. The van der Waals surface area contributed by atoms with Crippen molar-refractivity contribution in [2.45, 2.75) is 0 Å². The molecule has 84 heavy (non-hydrogen) atoms. The summed E-state index contributed by atoms with van der Waals surface area (Å²) in [5, 5.41) is 14.6. The molecule has 28 heteroatoms. The second-order valence-corrected chi connectivity index (χ2v) is 68.8. The van der Waals surface area contributed by atoms with Crippen LogP contribution in [0.5, 0.6) is 0 Å². The van der Waals surface area contributed by atoms with E-state index < -0.39 is 17.4 Å². The van der Waals surface area contributed by atoms with Crippen LogP contribution in [0.1, 0.15) is 0 Å². The summed E-state index contributed by atoms with van der Waals surface area (Å²) in [4.78, 5) is 0. The molecule has 8 saturated heterocycles. The second kappa shape index (κ2) is 46.2. The predicted molar refractivity (Wildman–Crippen MR) is 357 cm³/mol. The van der Waals surface area contributed by atoms with Gasteiger partial charge in [-0.3, -0.25) is 0 Å². The number of rotatable bonds is 8. The third-order valence-corrected chi connectivity index (χ3v) is 44.1. The number of benzene rings is 4. The van der Waals surface area contributed by atoms with Crippen molar-refractivity contribution in [2.75, 3.05) is 210 Å². The fourth-order valence-corrected chi connectivity index (χ4v) is 29.3. The van der Waals surface area contributed by atoms with Crippen LogP contribution in [0.15, 0.2) is 121 Å². The normalized spacial score (nSPS) is 22.7. The molecule has 16 nitrogen and oxygen atoms in total. The van der Waals surface area contributed by atoms with E-state index in [-0.39, 0.29) is 0 Å². The number of hydrogen-bond donors (Lipinski definition) is 4. The first-order valence-corrected chi connectivity index (χ1v) is 53.9. The van der Waals surface area contributed by atoms with Crippen molar-refractivity contribution >= 4 is 161 Å². The molecule has 0 radical (unpaired) electrons. The van der Waals surface area contributed by atoms with E-state index >= 15 is 0 Å². The van der Waals surface area contributed by atoms with E-state index in [2.05, 4.69) is 284 Å². The first kappa shape index (κ1) is 76.8. The van der Waals surface area contributed by atoms with Crippen molar-refractivity contribution in [3.63, 3.8) is 0 Å². The van der Waals surface area contributed by atoms with Gasteiger partial charge in [-0.15, -0.1) is 0 Å². The van der Waals surface area contributed by atoms with Crippen LogP contribution in [-0.4, -0.2) is 352 Å². The van der Waals surface area contributed by atoms with Crippen LogP contribution in [0.3, 0.4) is 0 Å². The van der Waals surface area contributed by atoms with Gasteiger partial charge in [-0.2, -0.15) is 0 Å². The Morgan fingerprint density at radius 3 is 0.512 bits per heavy atom. The average Bonchev–Trinajstić information content (AvgIpc) is 3.75. The molecule has 8 fully saturated rings. The van der Waals surface area contributed by atoms with Crippen molar-refractivity contribution in [3.05, 3.63) is 121 Å². The van der Waals surface area contributed by atoms with Crippen LogP contribution in [-0.2, 0) is 37.9 Å². The van der Waals surface area contributed by atoms with Crippen molar-refractivity contribution in [3.8, 4) is 0 Å². The Labute approximate surface area is 565 Å². The third-order valence-electron chi connectivity index (χ3n) is 13.5. The van der Waals surface area contributed by atoms with Crippen LogP contribution in [0.25, 0.3) is 0 Å². The van der Waals surface area contributed by atoms with Crippen LogP contribution >= 0.6 is 17.4 Å². The standard InChI is InChI=1S/4C10H14NOPSe2.4C4H9NO/c4*14-13(15,10-4-2-1-3-5-10)11-6-8-12-9-7-11;4*1-3-6-4-2-5-1/h4*1-5H,6-9H2,(H,14,15);4*5H,1-4H2. The summed E-state index contributed by atoms with van der Waals surface area (Å²) in [5.41, 5.74) is 0. The SMILES string of the molecule is C1COCC[NH2+]1.C1COCC[NH2+]1.C1COCC[NH2+]1.C1COCC[NH2+]1.[Se]=[P@@]([Se-])(c1ccccc1)N1CCOCC1.[Se]=[P@@]([Se-])(c1ccccc1)N1CCOCC1.[Se]=[P@@]([Se-])(c1ccccc1)N1CCOCC1.[Se]=[P@]([Se-])(c1ccccc1)N1CCOCC1. The van der Waals surface area contributed by atoms with Gasteiger partial charge in [0.15, 0.2) is 0 Å². The topological polar surface area (TPSA) is 153 Å². The predicted octanol–water partition coefficient (Wildman–Crippen LogP) is -2.71. The summed E-state index contributed by atoms with van der Waals surface area (Å²) >= 11 is 26.9. The zero-order valence-corrected chi connectivity index (χ0v) is 65.9. The molecule has 8 N–H and O–H groups in total. The molecule has 472 valence electrons. The fourth-order valence-electron chi connectivity index (χ4n) is 8.71. The van der Waals surface area contributed by atoms with Crippen molar-refractivity contribution in [2.24, 2.45) is 0 Å². The maximum atomic E-state index is 5.38. The van der Waals surface area contributed by atoms with Crippen LogP contribution < -0.4 is 42.5 Å². The van der Waals surface area contributed by atoms with Crippen LogP contribution in [0.2, 0.25) is 0 Å². The summed E-state index contributed by atoms with van der Waals surface area (Å²) in [7, 11) is 0. The summed E-state index contributed by atoms with van der Waals surface area (Å²) in [5.74, 6) is 0. The Hall–Kier alpha value is 2.12.